The van der Waals surface area contributed by atoms with Gasteiger partial charge in [0.25, 0.3) is 0 Å². The van der Waals surface area contributed by atoms with Gasteiger partial charge in [-0.2, -0.15) is 0 Å². The van der Waals surface area contributed by atoms with Crippen molar-refractivity contribution in [2.45, 2.75) is 175 Å². The standard InChI is InChI=1S/C45H74O11/c1-12-34-17-15-13-14-16-27(4)42(51)44(11,53)43(52)32(9)40(50)31(8)39(49)30(7)38(48)26(3)18-21-37(47)54-41-29(6)35(20-19-34)55-45(33(41)10)23-22-25(2)36(56-45)24-28(5)46/h13-15,17-18,21,25-36,38,40-42,46,48,50-51,53H,12,16,19-20,22-24H2,1-11H3/b14-13+,17-15-,21-18+/t25-,26+,27+,28-,29-,30-,31-,32-,33-,34+,35+,36-,38-,40+,41+,42-,44+,45-/m1/s1. The number of carbonyl (C=O) groups is 3. The second-order valence-corrected chi connectivity index (χ2v) is 18.0. The van der Waals surface area contributed by atoms with Crippen LogP contribution in [0.15, 0.2) is 36.5 Å². The minimum Gasteiger partial charge on any atom is -0.458 e. The van der Waals surface area contributed by atoms with Crippen molar-refractivity contribution in [3.63, 3.8) is 0 Å². The molecule has 320 valence electrons. The van der Waals surface area contributed by atoms with Crippen molar-refractivity contribution in [2.24, 2.45) is 53.3 Å². The fourth-order valence-electron chi connectivity index (χ4n) is 9.01. The maximum atomic E-state index is 13.5. The van der Waals surface area contributed by atoms with Crippen LogP contribution in [0.25, 0.3) is 0 Å². The predicted octanol–water partition coefficient (Wildman–Crippen LogP) is 5.88. The SMILES string of the molecule is CC[C@H]1/C=C\C=C\C[C@H](C)[C@@H](O)[C@](C)(O)C(=O)[C@H](C)[C@@H](O)[C@H](C)C(=O)[C@H](C)[C@H](O)[C@@H](C)/C=C/C(=O)O[C@H]2[C@H](C)[C@H](CC1)O[C@@]1(CC[C@@H](C)[C@@H](C[C@@H](C)O)O1)[C@@H]2C. The number of hydrogen-bond acceptors (Lipinski definition) is 11. The molecule has 0 aliphatic carbocycles. The third-order valence-corrected chi connectivity index (χ3v) is 13.4. The first-order valence-corrected chi connectivity index (χ1v) is 21.2. The molecule has 5 N–H and O–H groups in total. The molecule has 11 nitrogen and oxygen atoms in total. The van der Waals surface area contributed by atoms with E-state index < -0.39 is 89.0 Å². The van der Waals surface area contributed by atoms with E-state index >= 15 is 0 Å². The predicted molar refractivity (Wildman–Crippen MR) is 215 cm³/mol. The molecular weight excluding hydrogens is 716 g/mol. The lowest BCUT2D eigenvalue weighted by Gasteiger charge is -2.55. The Kier molecular flexibility index (Phi) is 17.7. The molecule has 0 aromatic rings. The summed E-state index contributed by atoms with van der Waals surface area (Å²) in [6.07, 6.45) is 9.62. The highest BCUT2D eigenvalue weighted by molar-refractivity contribution is 5.91. The van der Waals surface area contributed by atoms with Crippen LogP contribution in [0.5, 0.6) is 0 Å². The number of ether oxygens (including phenoxy) is 3. The maximum absolute atomic E-state index is 13.5. The Morgan fingerprint density at radius 2 is 1.48 bits per heavy atom. The molecule has 3 aliphatic heterocycles. The summed E-state index contributed by atoms with van der Waals surface area (Å²) in [4.78, 5) is 40.5. The van der Waals surface area contributed by atoms with Crippen molar-refractivity contribution in [3.05, 3.63) is 36.5 Å². The van der Waals surface area contributed by atoms with Gasteiger partial charge in [0.15, 0.2) is 11.6 Å². The van der Waals surface area contributed by atoms with Crippen LogP contribution in [0.3, 0.4) is 0 Å². The number of aliphatic hydroxyl groups is 5. The molecule has 0 radical (unpaired) electrons. The molecule has 0 unspecified atom stereocenters. The van der Waals surface area contributed by atoms with E-state index in [-0.39, 0.29) is 35.9 Å². The smallest absolute Gasteiger partial charge is 0.330 e. The summed E-state index contributed by atoms with van der Waals surface area (Å²) in [5.41, 5.74) is -2.18. The first-order chi connectivity index (χ1) is 26.1. The summed E-state index contributed by atoms with van der Waals surface area (Å²) in [7, 11) is 0. The van der Waals surface area contributed by atoms with Gasteiger partial charge in [-0.25, -0.2) is 4.79 Å². The molecular formula is C45H74O11. The first kappa shape index (κ1) is 48.1. The summed E-state index contributed by atoms with van der Waals surface area (Å²) >= 11 is 0. The number of carbonyl (C=O) groups excluding carboxylic acids is 3. The minimum absolute atomic E-state index is 0.168. The molecule has 0 aromatic carbocycles. The van der Waals surface area contributed by atoms with Crippen LogP contribution in [-0.2, 0) is 28.6 Å². The van der Waals surface area contributed by atoms with Gasteiger partial charge < -0.3 is 39.7 Å². The number of fused-ring (bicyclic) bond motifs is 2. The van der Waals surface area contributed by atoms with Gasteiger partial charge in [0.05, 0.1) is 36.6 Å². The molecule has 56 heavy (non-hydrogen) atoms. The highest BCUT2D eigenvalue weighted by Crippen LogP contribution is 2.49. The van der Waals surface area contributed by atoms with Crippen molar-refractivity contribution in [1.29, 1.82) is 0 Å². The first-order valence-electron chi connectivity index (χ1n) is 21.2. The molecule has 2 bridgehead atoms. The lowest BCUT2D eigenvalue weighted by atomic mass is 9.74. The van der Waals surface area contributed by atoms with Crippen LogP contribution in [-0.4, -0.2) is 97.2 Å². The Labute approximate surface area is 336 Å². The van der Waals surface area contributed by atoms with E-state index in [4.69, 9.17) is 14.2 Å². The number of Topliss-reactive ketones (excluding diaryl/α,β-unsaturated/α-hetero) is 2. The molecule has 3 aliphatic rings. The van der Waals surface area contributed by atoms with Gasteiger partial charge in [0, 0.05) is 48.0 Å². The van der Waals surface area contributed by atoms with Gasteiger partial charge >= 0.3 is 5.97 Å². The van der Waals surface area contributed by atoms with Gasteiger partial charge in [-0.3, -0.25) is 9.59 Å². The van der Waals surface area contributed by atoms with Gasteiger partial charge in [-0.05, 0) is 70.1 Å². The van der Waals surface area contributed by atoms with E-state index in [1.165, 1.54) is 39.8 Å². The van der Waals surface area contributed by atoms with Crippen molar-refractivity contribution in [3.8, 4) is 0 Å². The van der Waals surface area contributed by atoms with Gasteiger partial charge in [0.2, 0.25) is 0 Å². The number of esters is 1. The van der Waals surface area contributed by atoms with Crippen LogP contribution in [0.4, 0.5) is 0 Å². The monoisotopic (exact) mass is 791 g/mol. The van der Waals surface area contributed by atoms with E-state index in [2.05, 4.69) is 19.9 Å². The summed E-state index contributed by atoms with van der Waals surface area (Å²) < 4.78 is 20.0. The molecule has 2 fully saturated rings. The third kappa shape index (κ3) is 11.5. The lowest BCUT2D eigenvalue weighted by Crippen LogP contribution is -2.62. The third-order valence-electron chi connectivity index (χ3n) is 13.4. The second-order valence-electron chi connectivity index (χ2n) is 18.0. The molecule has 2 saturated heterocycles. The van der Waals surface area contributed by atoms with Crippen LogP contribution < -0.4 is 0 Å². The van der Waals surface area contributed by atoms with Crippen molar-refractivity contribution < 1.29 is 54.1 Å². The van der Waals surface area contributed by atoms with Crippen LogP contribution >= 0.6 is 0 Å². The largest absolute Gasteiger partial charge is 0.458 e. The minimum atomic E-state index is -2.18. The quantitative estimate of drug-likeness (QED) is 0.216. The number of ketones is 2. The average Bonchev–Trinajstić information content (AvgIpc) is 3.16. The van der Waals surface area contributed by atoms with E-state index in [1.54, 1.807) is 20.8 Å². The Balaban J connectivity index is 1.99. The van der Waals surface area contributed by atoms with Crippen molar-refractivity contribution in [2.75, 3.05) is 0 Å². The highest BCUT2D eigenvalue weighted by Gasteiger charge is 2.56. The maximum Gasteiger partial charge on any atom is 0.330 e. The van der Waals surface area contributed by atoms with E-state index in [0.717, 1.165) is 19.3 Å². The fourth-order valence-corrected chi connectivity index (χ4v) is 9.01. The Bertz CT molecular complexity index is 1390. The van der Waals surface area contributed by atoms with E-state index in [1.807, 2.05) is 32.1 Å². The fraction of sp³-hybridized carbons (Fsp3) is 0.800. The zero-order valence-electron chi connectivity index (χ0n) is 35.8. The second kappa shape index (κ2) is 20.6. The Hall–Kier alpha value is -2.25. The molecule has 1 spiro atoms. The molecule has 3 rings (SSSR count). The van der Waals surface area contributed by atoms with Crippen LogP contribution in [0, 0.1) is 53.3 Å². The van der Waals surface area contributed by atoms with E-state index in [9.17, 15) is 39.9 Å². The zero-order valence-corrected chi connectivity index (χ0v) is 35.8. The summed E-state index contributed by atoms with van der Waals surface area (Å²) in [5.74, 6) is -7.28. The number of hydrogen-bond donors (Lipinski definition) is 5. The summed E-state index contributed by atoms with van der Waals surface area (Å²) in [6, 6.07) is 0. The van der Waals surface area contributed by atoms with Crippen LogP contribution in [0.2, 0.25) is 0 Å². The normalized spacial score (nSPS) is 46.8. The van der Waals surface area contributed by atoms with Gasteiger partial charge in [0.1, 0.15) is 17.5 Å². The lowest BCUT2D eigenvalue weighted by molar-refractivity contribution is -0.371. The summed E-state index contributed by atoms with van der Waals surface area (Å²) in [6.45, 7) is 19.1. The van der Waals surface area contributed by atoms with Gasteiger partial charge in [-0.15, -0.1) is 0 Å². The van der Waals surface area contributed by atoms with Gasteiger partial charge in [-0.1, -0.05) is 92.7 Å². The van der Waals surface area contributed by atoms with Crippen LogP contribution in [0.1, 0.15) is 121 Å². The Morgan fingerprint density at radius 3 is 2.11 bits per heavy atom. The molecule has 18 atom stereocenters. The molecule has 0 saturated carbocycles. The zero-order chi connectivity index (χ0) is 42.3. The molecule has 3 heterocycles. The molecule has 11 heteroatoms. The Morgan fingerprint density at radius 1 is 0.839 bits per heavy atom. The van der Waals surface area contributed by atoms with Crippen molar-refractivity contribution in [1.82, 2.24) is 0 Å². The topological polar surface area (TPSA) is 180 Å². The summed E-state index contributed by atoms with van der Waals surface area (Å²) in [5, 5.41) is 55.0. The number of aliphatic hydroxyl groups excluding tert-OH is 4. The molecule has 0 aromatic heterocycles. The van der Waals surface area contributed by atoms with E-state index in [0.29, 0.717) is 25.7 Å². The number of rotatable bonds is 3. The molecule has 0 amide bonds. The average molecular weight is 791 g/mol. The highest BCUT2D eigenvalue weighted by atomic mass is 16.7. The van der Waals surface area contributed by atoms with Crippen molar-refractivity contribution >= 4 is 17.5 Å². The number of allylic oxidation sites excluding steroid dienone is 4.